The van der Waals surface area contributed by atoms with E-state index in [-0.39, 0.29) is 0 Å². The molecule has 1 aliphatic carbocycles. The van der Waals surface area contributed by atoms with Gasteiger partial charge < -0.3 is 0 Å². The van der Waals surface area contributed by atoms with Crippen molar-refractivity contribution in [2.45, 2.75) is 19.4 Å². The number of benzene rings is 1. The minimum absolute atomic E-state index is 0.791. The summed E-state index contributed by atoms with van der Waals surface area (Å²) in [4.78, 5) is 13.2. The Morgan fingerprint density at radius 2 is 2.00 bits per heavy atom. The number of rotatable bonds is 3. The second-order valence-electron chi connectivity index (χ2n) is 5.26. The summed E-state index contributed by atoms with van der Waals surface area (Å²) >= 11 is 0. The number of nitrogens with zero attached hydrogens (tertiary/aromatic N) is 1. The Labute approximate surface area is 96.3 Å². The van der Waals surface area contributed by atoms with E-state index in [1.54, 1.807) is 0 Å². The van der Waals surface area contributed by atoms with Crippen molar-refractivity contribution in [2.24, 2.45) is 11.8 Å². The summed E-state index contributed by atoms with van der Waals surface area (Å²) in [6.45, 7) is 3.51. The largest absolute Gasteiger partial charge is 0.299 e. The van der Waals surface area contributed by atoms with Crippen LogP contribution < -0.4 is 0 Å². The quantitative estimate of drug-likeness (QED) is 0.721. The summed E-state index contributed by atoms with van der Waals surface area (Å²) < 4.78 is 0. The number of aldehydes is 1. The molecule has 3 fully saturated rings. The molecule has 84 valence electrons. The lowest BCUT2D eigenvalue weighted by Gasteiger charge is -2.47. The summed E-state index contributed by atoms with van der Waals surface area (Å²) in [5.74, 6) is 1.90. The van der Waals surface area contributed by atoms with E-state index < -0.39 is 0 Å². The van der Waals surface area contributed by atoms with E-state index >= 15 is 0 Å². The standard InChI is InChI=1S/C14H17NO/c16-10-12-3-1-2-11(4-12)7-15-8-13-5-14(6-13)9-15/h1-4,10,13-14H,5-9H2. The molecule has 0 amide bonds. The van der Waals surface area contributed by atoms with E-state index in [0.717, 1.165) is 30.2 Å². The van der Waals surface area contributed by atoms with Crippen LogP contribution in [0.4, 0.5) is 0 Å². The van der Waals surface area contributed by atoms with Gasteiger partial charge in [0, 0.05) is 25.2 Å². The van der Waals surface area contributed by atoms with Crippen LogP contribution in [0.1, 0.15) is 28.8 Å². The third-order valence-corrected chi connectivity index (χ3v) is 3.86. The van der Waals surface area contributed by atoms with Crippen molar-refractivity contribution in [3.63, 3.8) is 0 Å². The third-order valence-electron chi connectivity index (χ3n) is 3.86. The van der Waals surface area contributed by atoms with Gasteiger partial charge in [-0.2, -0.15) is 0 Å². The van der Waals surface area contributed by atoms with E-state index in [1.807, 2.05) is 18.2 Å². The molecule has 2 aliphatic heterocycles. The van der Waals surface area contributed by atoms with Crippen LogP contribution in [-0.4, -0.2) is 24.3 Å². The van der Waals surface area contributed by atoms with Crippen molar-refractivity contribution >= 4 is 6.29 Å². The highest BCUT2D eigenvalue weighted by molar-refractivity contribution is 5.74. The Morgan fingerprint density at radius 3 is 2.69 bits per heavy atom. The minimum atomic E-state index is 0.791. The van der Waals surface area contributed by atoms with Crippen LogP contribution in [0.15, 0.2) is 24.3 Å². The van der Waals surface area contributed by atoms with E-state index in [1.165, 1.54) is 31.5 Å². The van der Waals surface area contributed by atoms with Crippen LogP contribution >= 0.6 is 0 Å². The molecule has 0 N–H and O–H groups in total. The molecule has 0 aromatic heterocycles. The molecule has 0 spiro atoms. The highest BCUT2D eigenvalue weighted by atomic mass is 16.1. The van der Waals surface area contributed by atoms with Crippen molar-refractivity contribution in [3.8, 4) is 0 Å². The molecule has 2 heterocycles. The van der Waals surface area contributed by atoms with Crippen molar-refractivity contribution < 1.29 is 4.79 Å². The Balaban J connectivity index is 1.66. The SMILES string of the molecule is O=Cc1cccc(CN2CC3CC(C3)C2)c1. The van der Waals surface area contributed by atoms with Crippen LogP contribution in [0, 0.1) is 11.8 Å². The molecule has 0 unspecified atom stereocenters. The highest BCUT2D eigenvalue weighted by Gasteiger charge is 2.36. The highest BCUT2D eigenvalue weighted by Crippen LogP contribution is 2.39. The van der Waals surface area contributed by atoms with E-state index in [4.69, 9.17) is 0 Å². The first-order chi connectivity index (χ1) is 7.83. The van der Waals surface area contributed by atoms with E-state index in [9.17, 15) is 4.79 Å². The Morgan fingerprint density at radius 1 is 1.25 bits per heavy atom. The molecule has 1 saturated carbocycles. The summed E-state index contributed by atoms with van der Waals surface area (Å²) in [5, 5.41) is 0. The summed E-state index contributed by atoms with van der Waals surface area (Å²) in [6, 6.07) is 7.97. The molecule has 2 saturated heterocycles. The fourth-order valence-electron chi connectivity index (χ4n) is 3.13. The van der Waals surface area contributed by atoms with Crippen molar-refractivity contribution in [1.29, 1.82) is 0 Å². The Hall–Kier alpha value is -1.15. The maximum absolute atomic E-state index is 10.7. The molecule has 2 nitrogen and oxygen atoms in total. The van der Waals surface area contributed by atoms with Crippen LogP contribution in [0.2, 0.25) is 0 Å². The molecule has 16 heavy (non-hydrogen) atoms. The monoisotopic (exact) mass is 215 g/mol. The zero-order valence-corrected chi connectivity index (χ0v) is 9.43. The van der Waals surface area contributed by atoms with Crippen LogP contribution in [0.25, 0.3) is 0 Å². The van der Waals surface area contributed by atoms with Gasteiger partial charge in [-0.1, -0.05) is 18.2 Å². The Bertz CT molecular complexity index is 385. The van der Waals surface area contributed by atoms with Gasteiger partial charge in [0.15, 0.2) is 0 Å². The van der Waals surface area contributed by atoms with Gasteiger partial charge in [0.1, 0.15) is 6.29 Å². The molecule has 0 atom stereocenters. The number of hydrogen-bond donors (Lipinski definition) is 0. The molecule has 2 heteroatoms. The summed E-state index contributed by atoms with van der Waals surface area (Å²) in [6.07, 6.45) is 3.83. The fraction of sp³-hybridized carbons (Fsp3) is 0.500. The molecule has 4 rings (SSSR count). The number of hydrogen-bond acceptors (Lipinski definition) is 2. The average molecular weight is 215 g/mol. The lowest BCUT2D eigenvalue weighted by Crippen LogP contribution is -2.47. The predicted octanol–water partition coefficient (Wildman–Crippen LogP) is 2.34. The van der Waals surface area contributed by atoms with Crippen molar-refractivity contribution in [2.75, 3.05) is 13.1 Å². The first-order valence-electron chi connectivity index (χ1n) is 6.10. The first-order valence-corrected chi connectivity index (χ1v) is 6.10. The smallest absolute Gasteiger partial charge is 0.150 e. The molecule has 3 aliphatic rings. The van der Waals surface area contributed by atoms with E-state index in [2.05, 4.69) is 11.0 Å². The second-order valence-corrected chi connectivity index (χ2v) is 5.26. The second kappa shape index (κ2) is 4.02. The minimum Gasteiger partial charge on any atom is -0.299 e. The molecule has 0 radical (unpaired) electrons. The van der Waals surface area contributed by atoms with E-state index in [0.29, 0.717) is 0 Å². The molecule has 1 aromatic rings. The first kappa shape index (κ1) is 10.0. The van der Waals surface area contributed by atoms with Gasteiger partial charge in [0.25, 0.3) is 0 Å². The number of fused-ring (bicyclic) bond motifs is 2. The topological polar surface area (TPSA) is 20.3 Å². The normalized spacial score (nSPS) is 28.5. The third kappa shape index (κ3) is 1.90. The van der Waals surface area contributed by atoms with Gasteiger partial charge in [-0.15, -0.1) is 0 Å². The fourth-order valence-corrected chi connectivity index (χ4v) is 3.13. The van der Waals surface area contributed by atoms with Crippen molar-refractivity contribution in [3.05, 3.63) is 35.4 Å². The van der Waals surface area contributed by atoms with Crippen LogP contribution in [0.5, 0.6) is 0 Å². The summed E-state index contributed by atoms with van der Waals surface area (Å²) in [7, 11) is 0. The predicted molar refractivity (Wildman–Crippen MR) is 63.3 cm³/mol. The number of carbonyl (C=O) groups is 1. The Kier molecular flexibility index (Phi) is 2.52. The maximum Gasteiger partial charge on any atom is 0.150 e. The lowest BCUT2D eigenvalue weighted by molar-refractivity contribution is 0.0228. The molecule has 1 aromatic carbocycles. The molecular weight excluding hydrogens is 198 g/mol. The van der Waals surface area contributed by atoms with Gasteiger partial charge in [-0.05, 0) is 36.3 Å². The average Bonchev–Trinajstić information content (AvgIpc) is 2.28. The molecule has 2 bridgehead atoms. The van der Waals surface area contributed by atoms with Gasteiger partial charge in [0.2, 0.25) is 0 Å². The number of carbonyl (C=O) groups excluding carboxylic acids is 1. The van der Waals surface area contributed by atoms with Gasteiger partial charge in [-0.25, -0.2) is 0 Å². The zero-order chi connectivity index (χ0) is 11.0. The van der Waals surface area contributed by atoms with Gasteiger partial charge in [-0.3, -0.25) is 9.69 Å². The number of piperidine rings is 2. The maximum atomic E-state index is 10.7. The van der Waals surface area contributed by atoms with Crippen molar-refractivity contribution in [1.82, 2.24) is 4.90 Å². The lowest BCUT2D eigenvalue weighted by atomic mass is 9.71. The summed E-state index contributed by atoms with van der Waals surface area (Å²) in [5.41, 5.74) is 2.06. The van der Waals surface area contributed by atoms with Crippen LogP contribution in [0.3, 0.4) is 0 Å². The van der Waals surface area contributed by atoms with Gasteiger partial charge >= 0.3 is 0 Å². The zero-order valence-electron chi connectivity index (χ0n) is 9.43. The molecular formula is C14H17NO. The van der Waals surface area contributed by atoms with Gasteiger partial charge in [0.05, 0.1) is 0 Å². The van der Waals surface area contributed by atoms with Crippen LogP contribution in [-0.2, 0) is 6.54 Å².